The van der Waals surface area contributed by atoms with Crippen LogP contribution in [-0.2, 0) is 9.59 Å². The fourth-order valence-corrected chi connectivity index (χ4v) is 4.03. The molecule has 1 heterocycles. The number of ether oxygens (including phenoxy) is 2. The van der Waals surface area contributed by atoms with Gasteiger partial charge in [0.05, 0.1) is 23.9 Å². The molecular weight excluding hydrogens is 468 g/mol. The van der Waals surface area contributed by atoms with Gasteiger partial charge in [-0.2, -0.15) is 0 Å². The molecule has 0 bridgehead atoms. The number of nitrogens with one attached hydrogen (secondary N) is 1. The summed E-state index contributed by atoms with van der Waals surface area (Å²) in [5, 5.41) is 2.67. The Labute approximate surface area is 189 Å². The van der Waals surface area contributed by atoms with Crippen LogP contribution < -0.4 is 19.7 Å². The molecule has 2 aromatic carbocycles. The number of rotatable bonds is 5. The monoisotopic (exact) mass is 488 g/mol. The van der Waals surface area contributed by atoms with Crippen molar-refractivity contribution >= 4 is 56.8 Å². The average Bonchev–Trinajstić information content (AvgIpc) is 2.68. The second kappa shape index (κ2) is 8.97. The van der Waals surface area contributed by atoms with E-state index in [1.165, 1.54) is 11.0 Å². The zero-order valence-corrected chi connectivity index (χ0v) is 19.4. The standard InChI is InChI=1S/C22H21BrN2O4S/c1-5-29-18-11-14(10-16(23)19(18)28-4)9-15-20(26)24-22(30)25(21(15)27)17-8-12(2)6-7-13(17)3/h6-11H,5H2,1-4H3,(H,24,26,30)/b15-9+. The molecule has 0 atom stereocenters. The van der Waals surface area contributed by atoms with Crippen molar-refractivity contribution in [1.29, 1.82) is 0 Å². The lowest BCUT2D eigenvalue weighted by Crippen LogP contribution is -2.54. The normalized spacial score (nSPS) is 15.4. The number of benzene rings is 2. The molecule has 6 nitrogen and oxygen atoms in total. The van der Waals surface area contributed by atoms with Crippen molar-refractivity contribution in [3.8, 4) is 11.5 Å². The highest BCUT2D eigenvalue weighted by Gasteiger charge is 2.35. The van der Waals surface area contributed by atoms with Crippen LogP contribution in [0.15, 0.2) is 40.4 Å². The first-order valence-corrected chi connectivity index (χ1v) is 10.5. The van der Waals surface area contributed by atoms with Gasteiger partial charge in [-0.05, 0) is 89.9 Å². The number of anilines is 1. The second-order valence-electron chi connectivity index (χ2n) is 6.71. The zero-order chi connectivity index (χ0) is 22.0. The van der Waals surface area contributed by atoms with E-state index >= 15 is 0 Å². The molecule has 0 saturated carbocycles. The van der Waals surface area contributed by atoms with Crippen LogP contribution in [0.2, 0.25) is 0 Å². The first-order valence-electron chi connectivity index (χ1n) is 9.25. The number of nitrogens with zero attached hydrogens (tertiary/aromatic N) is 1. The minimum Gasteiger partial charge on any atom is -0.492 e. The van der Waals surface area contributed by atoms with Gasteiger partial charge in [0.15, 0.2) is 16.6 Å². The lowest BCUT2D eigenvalue weighted by molar-refractivity contribution is -0.122. The third-order valence-corrected chi connectivity index (χ3v) is 5.43. The molecule has 0 aliphatic carbocycles. The summed E-state index contributed by atoms with van der Waals surface area (Å²) in [5.74, 6) is 0.0159. The molecule has 2 amide bonds. The summed E-state index contributed by atoms with van der Waals surface area (Å²) in [6.07, 6.45) is 1.52. The number of thiocarbonyl (C=S) groups is 1. The highest BCUT2D eigenvalue weighted by molar-refractivity contribution is 9.10. The van der Waals surface area contributed by atoms with Crippen LogP contribution in [0, 0.1) is 13.8 Å². The molecule has 1 aliphatic rings. The van der Waals surface area contributed by atoms with Crippen molar-refractivity contribution < 1.29 is 19.1 Å². The molecule has 0 spiro atoms. The Morgan fingerprint density at radius 1 is 1.20 bits per heavy atom. The molecule has 1 N–H and O–H groups in total. The molecule has 0 aromatic heterocycles. The average molecular weight is 489 g/mol. The maximum absolute atomic E-state index is 13.3. The molecule has 1 fully saturated rings. The largest absolute Gasteiger partial charge is 0.492 e. The molecule has 30 heavy (non-hydrogen) atoms. The number of carbonyl (C=O) groups is 2. The summed E-state index contributed by atoms with van der Waals surface area (Å²) in [6.45, 7) is 6.12. The van der Waals surface area contributed by atoms with E-state index in [0.29, 0.717) is 33.8 Å². The predicted octanol–water partition coefficient (Wildman–Crippen LogP) is 4.30. The highest BCUT2D eigenvalue weighted by Crippen LogP contribution is 2.37. The number of amides is 2. The molecule has 1 aliphatic heterocycles. The fourth-order valence-electron chi connectivity index (χ4n) is 3.14. The number of hydrogen-bond acceptors (Lipinski definition) is 5. The van der Waals surface area contributed by atoms with Crippen LogP contribution in [0.4, 0.5) is 5.69 Å². The Balaban J connectivity index is 2.08. The highest BCUT2D eigenvalue weighted by atomic mass is 79.9. The summed E-state index contributed by atoms with van der Waals surface area (Å²) in [4.78, 5) is 27.2. The van der Waals surface area contributed by atoms with Crippen molar-refractivity contribution in [2.24, 2.45) is 0 Å². The van der Waals surface area contributed by atoms with E-state index in [9.17, 15) is 9.59 Å². The third-order valence-electron chi connectivity index (χ3n) is 4.55. The molecule has 156 valence electrons. The van der Waals surface area contributed by atoms with Crippen molar-refractivity contribution in [3.63, 3.8) is 0 Å². The van der Waals surface area contributed by atoms with E-state index in [2.05, 4.69) is 21.2 Å². The van der Waals surface area contributed by atoms with E-state index in [0.717, 1.165) is 11.1 Å². The van der Waals surface area contributed by atoms with Gasteiger partial charge < -0.3 is 9.47 Å². The van der Waals surface area contributed by atoms with Crippen LogP contribution >= 0.6 is 28.1 Å². The summed E-state index contributed by atoms with van der Waals surface area (Å²) in [5.41, 5.74) is 3.08. The van der Waals surface area contributed by atoms with Crippen LogP contribution in [0.25, 0.3) is 6.08 Å². The summed E-state index contributed by atoms with van der Waals surface area (Å²) in [6, 6.07) is 9.21. The molecular formula is C22H21BrN2O4S. The van der Waals surface area contributed by atoms with Crippen LogP contribution in [-0.4, -0.2) is 30.6 Å². The quantitative estimate of drug-likeness (QED) is 0.385. The fraction of sp³-hybridized carbons (Fsp3) is 0.227. The zero-order valence-electron chi connectivity index (χ0n) is 17.0. The van der Waals surface area contributed by atoms with Crippen LogP contribution in [0.1, 0.15) is 23.6 Å². The summed E-state index contributed by atoms with van der Waals surface area (Å²) >= 11 is 8.74. The Kier molecular flexibility index (Phi) is 6.58. The van der Waals surface area contributed by atoms with E-state index in [1.807, 2.05) is 39.0 Å². The third kappa shape index (κ3) is 4.24. The van der Waals surface area contributed by atoms with Gasteiger partial charge in [0.2, 0.25) is 0 Å². The first kappa shape index (κ1) is 22.0. The minimum atomic E-state index is -0.545. The van der Waals surface area contributed by atoms with E-state index < -0.39 is 11.8 Å². The second-order valence-corrected chi connectivity index (χ2v) is 7.96. The molecule has 8 heteroatoms. The number of hydrogen-bond donors (Lipinski definition) is 1. The van der Waals surface area contributed by atoms with Crippen molar-refractivity contribution in [2.75, 3.05) is 18.6 Å². The molecule has 0 radical (unpaired) electrons. The topological polar surface area (TPSA) is 67.9 Å². The molecule has 1 saturated heterocycles. The van der Waals surface area contributed by atoms with Crippen LogP contribution in [0.3, 0.4) is 0 Å². The lowest BCUT2D eigenvalue weighted by Gasteiger charge is -2.30. The van der Waals surface area contributed by atoms with Crippen molar-refractivity contribution in [3.05, 3.63) is 57.1 Å². The number of halogens is 1. The Morgan fingerprint density at radius 2 is 1.93 bits per heavy atom. The smallest absolute Gasteiger partial charge is 0.270 e. The number of carbonyl (C=O) groups excluding carboxylic acids is 2. The summed E-state index contributed by atoms with van der Waals surface area (Å²) in [7, 11) is 1.54. The number of aryl methyl sites for hydroxylation is 2. The first-order chi connectivity index (χ1) is 14.3. The van der Waals surface area contributed by atoms with Crippen LogP contribution in [0.5, 0.6) is 11.5 Å². The van der Waals surface area contributed by atoms with Gasteiger partial charge in [-0.25, -0.2) is 0 Å². The SMILES string of the molecule is CCOc1cc(/C=C2\C(=O)NC(=S)N(c3cc(C)ccc3C)C2=O)cc(Br)c1OC. The van der Waals surface area contributed by atoms with Gasteiger partial charge in [-0.1, -0.05) is 12.1 Å². The Bertz CT molecular complexity index is 1080. The van der Waals surface area contributed by atoms with Gasteiger partial charge in [0, 0.05) is 0 Å². The van der Waals surface area contributed by atoms with Crippen molar-refractivity contribution in [1.82, 2.24) is 5.32 Å². The maximum atomic E-state index is 13.3. The Morgan fingerprint density at radius 3 is 2.60 bits per heavy atom. The van der Waals surface area contributed by atoms with Gasteiger partial charge in [0.1, 0.15) is 5.57 Å². The Hall–Kier alpha value is -2.71. The predicted molar refractivity (Wildman–Crippen MR) is 124 cm³/mol. The van der Waals surface area contributed by atoms with Crippen molar-refractivity contribution in [2.45, 2.75) is 20.8 Å². The molecule has 0 unspecified atom stereocenters. The summed E-state index contributed by atoms with van der Waals surface area (Å²) < 4.78 is 11.6. The lowest BCUT2D eigenvalue weighted by atomic mass is 10.0. The molecule has 3 rings (SSSR count). The van der Waals surface area contributed by atoms with Gasteiger partial charge >= 0.3 is 0 Å². The van der Waals surface area contributed by atoms with E-state index in [1.54, 1.807) is 19.2 Å². The maximum Gasteiger partial charge on any atom is 0.270 e. The van der Waals surface area contributed by atoms with Gasteiger partial charge in [-0.3, -0.25) is 19.8 Å². The number of methoxy groups -OCH3 is 1. The molecule has 2 aromatic rings. The van der Waals surface area contributed by atoms with Gasteiger partial charge in [0.25, 0.3) is 11.8 Å². The van der Waals surface area contributed by atoms with Gasteiger partial charge in [-0.15, -0.1) is 0 Å². The van der Waals surface area contributed by atoms with E-state index in [-0.39, 0.29) is 10.7 Å². The van der Waals surface area contributed by atoms with E-state index in [4.69, 9.17) is 21.7 Å². The minimum absolute atomic E-state index is 0.0241.